The van der Waals surface area contributed by atoms with E-state index in [2.05, 4.69) is 10.0 Å². The second-order valence-electron chi connectivity index (χ2n) is 6.24. The average molecular weight is 416 g/mol. The highest BCUT2D eigenvalue weighted by Crippen LogP contribution is 2.17. The van der Waals surface area contributed by atoms with E-state index in [0.717, 1.165) is 12.1 Å². The predicted octanol–water partition coefficient (Wildman–Crippen LogP) is 3.74. The van der Waals surface area contributed by atoms with E-state index in [4.69, 9.17) is 0 Å². The molecule has 8 heteroatoms. The van der Waals surface area contributed by atoms with Crippen LogP contribution in [0.2, 0.25) is 0 Å². The van der Waals surface area contributed by atoms with Crippen molar-refractivity contribution in [3.05, 3.63) is 95.6 Å². The fourth-order valence-electron chi connectivity index (χ4n) is 2.65. The first-order chi connectivity index (χ1) is 13.8. The summed E-state index contributed by atoms with van der Waals surface area (Å²) in [5.41, 5.74) is 0.833. The van der Waals surface area contributed by atoms with Crippen molar-refractivity contribution in [2.24, 2.45) is 0 Å². The summed E-state index contributed by atoms with van der Waals surface area (Å²) in [6.07, 6.45) is 0.308. The molecule has 0 aromatic heterocycles. The molecular weight excluding hydrogens is 398 g/mol. The molecule has 150 valence electrons. The molecule has 0 heterocycles. The van der Waals surface area contributed by atoms with Crippen molar-refractivity contribution in [2.45, 2.75) is 11.3 Å². The second-order valence-corrected chi connectivity index (χ2v) is 7.92. The Morgan fingerprint density at radius 3 is 2.34 bits per heavy atom. The molecule has 0 saturated carbocycles. The lowest BCUT2D eigenvalue weighted by Crippen LogP contribution is -2.26. The number of benzene rings is 3. The van der Waals surface area contributed by atoms with Gasteiger partial charge < -0.3 is 5.32 Å². The Hall–Kier alpha value is -3.26. The summed E-state index contributed by atoms with van der Waals surface area (Å²) in [6, 6.07) is 16.7. The van der Waals surface area contributed by atoms with Gasteiger partial charge in [-0.1, -0.05) is 24.3 Å². The second kappa shape index (κ2) is 8.83. The number of hydrogen-bond acceptors (Lipinski definition) is 3. The number of halogens is 2. The molecule has 0 bridgehead atoms. The Morgan fingerprint density at radius 1 is 0.897 bits per heavy atom. The normalized spacial score (nSPS) is 11.1. The Morgan fingerprint density at radius 2 is 1.62 bits per heavy atom. The van der Waals surface area contributed by atoms with Crippen molar-refractivity contribution in [3.8, 4) is 0 Å². The molecule has 3 aromatic rings. The third kappa shape index (κ3) is 5.39. The van der Waals surface area contributed by atoms with Gasteiger partial charge in [-0.15, -0.1) is 0 Å². The average Bonchev–Trinajstić information content (AvgIpc) is 2.71. The standard InChI is InChI=1S/C21H18F2N2O3S/c22-17-8-10-18(11-9-17)25-29(27,28)19-6-3-5-16(14-19)21(26)24-13-12-15-4-1-2-7-20(15)23/h1-11,14,25H,12-13H2,(H,24,26). The molecule has 0 aliphatic heterocycles. The van der Waals surface area contributed by atoms with Crippen LogP contribution in [0.1, 0.15) is 15.9 Å². The highest BCUT2D eigenvalue weighted by Gasteiger charge is 2.16. The summed E-state index contributed by atoms with van der Waals surface area (Å²) in [6.45, 7) is 0.199. The van der Waals surface area contributed by atoms with Crippen LogP contribution in [0.4, 0.5) is 14.5 Å². The number of rotatable bonds is 7. The highest BCUT2D eigenvalue weighted by molar-refractivity contribution is 7.92. The summed E-state index contributed by atoms with van der Waals surface area (Å²) < 4.78 is 54.0. The molecular formula is C21H18F2N2O3S. The van der Waals surface area contributed by atoms with Crippen LogP contribution < -0.4 is 10.0 Å². The number of sulfonamides is 1. The SMILES string of the molecule is O=C(NCCc1ccccc1F)c1cccc(S(=O)(=O)Nc2ccc(F)cc2)c1. The van der Waals surface area contributed by atoms with E-state index in [1.165, 1.54) is 42.5 Å². The van der Waals surface area contributed by atoms with Crippen LogP contribution in [0.3, 0.4) is 0 Å². The van der Waals surface area contributed by atoms with Gasteiger partial charge in [-0.25, -0.2) is 17.2 Å². The van der Waals surface area contributed by atoms with E-state index in [9.17, 15) is 22.0 Å². The van der Waals surface area contributed by atoms with Crippen molar-refractivity contribution in [1.82, 2.24) is 5.32 Å². The van der Waals surface area contributed by atoms with Gasteiger partial charge in [-0.2, -0.15) is 0 Å². The van der Waals surface area contributed by atoms with E-state index in [1.807, 2.05) is 0 Å². The van der Waals surface area contributed by atoms with Gasteiger partial charge in [0.05, 0.1) is 4.90 Å². The summed E-state index contributed by atoms with van der Waals surface area (Å²) in [4.78, 5) is 12.2. The molecule has 0 atom stereocenters. The minimum atomic E-state index is -3.95. The zero-order chi connectivity index (χ0) is 20.9. The number of carbonyl (C=O) groups excluding carboxylic acids is 1. The van der Waals surface area contributed by atoms with Gasteiger partial charge in [0.25, 0.3) is 15.9 Å². The van der Waals surface area contributed by atoms with Gasteiger partial charge in [0.2, 0.25) is 0 Å². The number of carbonyl (C=O) groups is 1. The monoisotopic (exact) mass is 416 g/mol. The molecule has 3 aromatic carbocycles. The molecule has 0 radical (unpaired) electrons. The van der Waals surface area contributed by atoms with Gasteiger partial charge in [-0.3, -0.25) is 9.52 Å². The lowest BCUT2D eigenvalue weighted by Gasteiger charge is -2.10. The van der Waals surface area contributed by atoms with Gasteiger partial charge in [0.1, 0.15) is 11.6 Å². The van der Waals surface area contributed by atoms with E-state index >= 15 is 0 Å². The van der Waals surface area contributed by atoms with E-state index in [0.29, 0.717) is 12.0 Å². The summed E-state index contributed by atoms with van der Waals surface area (Å²) in [5, 5.41) is 2.65. The minimum absolute atomic E-state index is 0.108. The first-order valence-corrected chi connectivity index (χ1v) is 10.2. The third-order valence-corrected chi connectivity index (χ3v) is 5.52. The van der Waals surface area contributed by atoms with Crippen molar-refractivity contribution in [3.63, 3.8) is 0 Å². The molecule has 0 aliphatic carbocycles. The maximum atomic E-state index is 13.6. The lowest BCUT2D eigenvalue weighted by molar-refractivity contribution is 0.0954. The molecule has 0 aliphatic rings. The van der Waals surface area contributed by atoms with Gasteiger partial charge >= 0.3 is 0 Å². The van der Waals surface area contributed by atoms with Crippen LogP contribution >= 0.6 is 0 Å². The smallest absolute Gasteiger partial charge is 0.261 e. The summed E-state index contributed by atoms with van der Waals surface area (Å²) >= 11 is 0. The summed E-state index contributed by atoms with van der Waals surface area (Å²) in [5.74, 6) is -1.30. The van der Waals surface area contributed by atoms with Crippen LogP contribution in [0, 0.1) is 11.6 Å². The maximum Gasteiger partial charge on any atom is 0.261 e. The van der Waals surface area contributed by atoms with Crippen LogP contribution in [0.5, 0.6) is 0 Å². The molecule has 0 saturated heterocycles. The first-order valence-electron chi connectivity index (χ1n) is 8.75. The number of anilines is 1. The minimum Gasteiger partial charge on any atom is -0.352 e. The Labute approximate surface area is 167 Å². The number of hydrogen-bond donors (Lipinski definition) is 2. The zero-order valence-electron chi connectivity index (χ0n) is 15.2. The molecule has 2 N–H and O–H groups in total. The molecule has 5 nitrogen and oxygen atoms in total. The van der Waals surface area contributed by atoms with Gasteiger partial charge in [0, 0.05) is 17.8 Å². The molecule has 1 amide bonds. The number of amides is 1. The molecule has 0 spiro atoms. The Balaban J connectivity index is 1.67. The lowest BCUT2D eigenvalue weighted by atomic mass is 10.1. The third-order valence-electron chi connectivity index (χ3n) is 4.14. The Kier molecular flexibility index (Phi) is 6.23. The maximum absolute atomic E-state index is 13.6. The zero-order valence-corrected chi connectivity index (χ0v) is 16.0. The quantitative estimate of drug-likeness (QED) is 0.616. The summed E-state index contributed by atoms with van der Waals surface area (Å²) in [7, 11) is -3.95. The van der Waals surface area contributed by atoms with E-state index in [-0.39, 0.29) is 28.5 Å². The van der Waals surface area contributed by atoms with Crippen LogP contribution in [0.15, 0.2) is 77.7 Å². The van der Waals surface area contributed by atoms with Crippen molar-refractivity contribution >= 4 is 21.6 Å². The van der Waals surface area contributed by atoms with Crippen LogP contribution in [-0.4, -0.2) is 20.9 Å². The fourth-order valence-corrected chi connectivity index (χ4v) is 3.75. The fraction of sp³-hybridized carbons (Fsp3) is 0.0952. The van der Waals surface area contributed by atoms with Gasteiger partial charge in [-0.05, 0) is 60.5 Å². The van der Waals surface area contributed by atoms with Gasteiger partial charge in [0.15, 0.2) is 0 Å². The van der Waals surface area contributed by atoms with E-state index in [1.54, 1.807) is 18.2 Å². The van der Waals surface area contributed by atoms with Crippen LogP contribution in [-0.2, 0) is 16.4 Å². The van der Waals surface area contributed by atoms with Crippen LogP contribution in [0.25, 0.3) is 0 Å². The first kappa shape index (κ1) is 20.5. The van der Waals surface area contributed by atoms with Crippen molar-refractivity contribution in [2.75, 3.05) is 11.3 Å². The van der Waals surface area contributed by atoms with Crippen molar-refractivity contribution in [1.29, 1.82) is 0 Å². The molecule has 0 unspecified atom stereocenters. The molecule has 0 fully saturated rings. The van der Waals surface area contributed by atoms with Crippen molar-refractivity contribution < 1.29 is 22.0 Å². The molecule has 3 rings (SSSR count). The largest absolute Gasteiger partial charge is 0.352 e. The predicted molar refractivity (Wildman–Crippen MR) is 106 cm³/mol. The van der Waals surface area contributed by atoms with E-state index < -0.39 is 21.7 Å². The Bertz CT molecular complexity index is 1120. The molecule has 29 heavy (non-hydrogen) atoms. The topological polar surface area (TPSA) is 75.3 Å². The highest BCUT2D eigenvalue weighted by atomic mass is 32.2. The number of nitrogens with one attached hydrogen (secondary N) is 2.